The van der Waals surface area contributed by atoms with Gasteiger partial charge in [-0.3, -0.25) is 0 Å². The van der Waals surface area contributed by atoms with Crippen LogP contribution in [0.25, 0.3) is 0 Å². The van der Waals surface area contributed by atoms with Crippen molar-refractivity contribution in [1.82, 2.24) is 0 Å². The molecule has 31 heavy (non-hydrogen) atoms. The van der Waals surface area contributed by atoms with Crippen molar-refractivity contribution in [3.8, 4) is 0 Å². The van der Waals surface area contributed by atoms with E-state index < -0.39 is 24.4 Å². The predicted octanol–water partition coefficient (Wildman–Crippen LogP) is 5.30. The van der Waals surface area contributed by atoms with Crippen LogP contribution >= 0.6 is 0 Å². The first-order chi connectivity index (χ1) is 15.2. The van der Waals surface area contributed by atoms with E-state index in [1.54, 1.807) is 0 Å². The van der Waals surface area contributed by atoms with Gasteiger partial charge in [0.05, 0.1) is 13.2 Å². The van der Waals surface area contributed by atoms with E-state index in [2.05, 4.69) is 19.1 Å². The van der Waals surface area contributed by atoms with E-state index in [0.717, 1.165) is 12.8 Å². The SMILES string of the molecule is C/C=C/CCCCCCCCCCCCCCCCCO[C@H]1CO[C@H](CO)[C@@H](O)[C@@H]1O. The molecule has 0 spiro atoms. The summed E-state index contributed by atoms with van der Waals surface area (Å²) in [6.07, 6.45) is 22.3. The molecule has 0 saturated carbocycles. The van der Waals surface area contributed by atoms with Crippen LogP contribution in [0.3, 0.4) is 0 Å². The average Bonchev–Trinajstić information content (AvgIpc) is 2.78. The molecule has 0 aromatic carbocycles. The van der Waals surface area contributed by atoms with Gasteiger partial charge < -0.3 is 24.8 Å². The summed E-state index contributed by atoms with van der Waals surface area (Å²) in [7, 11) is 0. The van der Waals surface area contributed by atoms with E-state index in [1.165, 1.54) is 89.9 Å². The fourth-order valence-electron chi connectivity index (χ4n) is 4.23. The van der Waals surface area contributed by atoms with Gasteiger partial charge in [-0.2, -0.15) is 0 Å². The second kappa shape index (κ2) is 20.2. The smallest absolute Gasteiger partial charge is 0.111 e. The highest BCUT2D eigenvalue weighted by Crippen LogP contribution is 2.18. The van der Waals surface area contributed by atoms with Gasteiger partial charge in [0, 0.05) is 6.61 Å². The quantitative estimate of drug-likeness (QED) is 0.176. The molecule has 3 N–H and O–H groups in total. The largest absolute Gasteiger partial charge is 0.394 e. The molecule has 1 fully saturated rings. The lowest BCUT2D eigenvalue weighted by atomic mass is 10.0. The zero-order valence-electron chi connectivity index (χ0n) is 20.1. The minimum absolute atomic E-state index is 0.223. The lowest BCUT2D eigenvalue weighted by Crippen LogP contribution is -2.55. The highest BCUT2D eigenvalue weighted by Gasteiger charge is 2.38. The normalized spacial score (nSPS) is 24.3. The highest BCUT2D eigenvalue weighted by molar-refractivity contribution is 4.87. The zero-order chi connectivity index (χ0) is 22.6. The first-order valence-electron chi connectivity index (χ1n) is 13.0. The summed E-state index contributed by atoms with van der Waals surface area (Å²) in [6, 6.07) is 0. The van der Waals surface area contributed by atoms with Crippen LogP contribution < -0.4 is 0 Å². The molecule has 5 heteroatoms. The monoisotopic (exact) mass is 442 g/mol. The lowest BCUT2D eigenvalue weighted by molar-refractivity contribution is -0.208. The van der Waals surface area contributed by atoms with E-state index >= 15 is 0 Å². The Hall–Kier alpha value is -0.460. The van der Waals surface area contributed by atoms with Crippen molar-refractivity contribution < 1.29 is 24.8 Å². The molecule has 5 nitrogen and oxygen atoms in total. The van der Waals surface area contributed by atoms with Crippen molar-refractivity contribution >= 4 is 0 Å². The molecule has 1 aliphatic rings. The number of aliphatic hydroxyl groups excluding tert-OH is 3. The van der Waals surface area contributed by atoms with Crippen LogP contribution in [0, 0.1) is 0 Å². The number of aliphatic hydroxyl groups is 3. The highest BCUT2D eigenvalue weighted by atomic mass is 16.6. The van der Waals surface area contributed by atoms with Crippen LogP contribution in [0.4, 0.5) is 0 Å². The van der Waals surface area contributed by atoms with Gasteiger partial charge in [-0.25, -0.2) is 0 Å². The Kier molecular flexibility index (Phi) is 18.6. The summed E-state index contributed by atoms with van der Waals surface area (Å²) in [4.78, 5) is 0. The first-order valence-corrected chi connectivity index (χ1v) is 13.0. The van der Waals surface area contributed by atoms with E-state index in [9.17, 15) is 10.2 Å². The van der Waals surface area contributed by atoms with Gasteiger partial charge in [-0.1, -0.05) is 95.6 Å². The Bertz CT molecular complexity index is 415. The molecule has 1 rings (SSSR count). The van der Waals surface area contributed by atoms with E-state index in [-0.39, 0.29) is 13.2 Å². The maximum Gasteiger partial charge on any atom is 0.111 e. The van der Waals surface area contributed by atoms with Crippen molar-refractivity contribution in [1.29, 1.82) is 0 Å². The van der Waals surface area contributed by atoms with Gasteiger partial charge in [0.15, 0.2) is 0 Å². The van der Waals surface area contributed by atoms with E-state index in [4.69, 9.17) is 14.6 Å². The maximum atomic E-state index is 10.0. The Morgan fingerprint density at radius 3 is 1.71 bits per heavy atom. The summed E-state index contributed by atoms with van der Waals surface area (Å²) >= 11 is 0. The molecule has 1 aliphatic heterocycles. The summed E-state index contributed by atoms with van der Waals surface area (Å²) < 4.78 is 11.0. The number of unbranched alkanes of at least 4 members (excludes halogenated alkanes) is 15. The molecule has 0 amide bonds. The van der Waals surface area contributed by atoms with Gasteiger partial charge in [0.2, 0.25) is 0 Å². The second-order valence-electron chi connectivity index (χ2n) is 9.11. The Labute approximate surface area is 191 Å². The van der Waals surface area contributed by atoms with Crippen molar-refractivity contribution in [2.75, 3.05) is 19.8 Å². The van der Waals surface area contributed by atoms with E-state index in [0.29, 0.717) is 6.61 Å². The number of ether oxygens (including phenoxy) is 2. The Morgan fingerprint density at radius 1 is 0.742 bits per heavy atom. The third-order valence-corrected chi connectivity index (χ3v) is 6.35. The number of hydrogen-bond donors (Lipinski definition) is 3. The molecular weight excluding hydrogens is 392 g/mol. The first kappa shape index (κ1) is 28.6. The van der Waals surface area contributed by atoms with Crippen molar-refractivity contribution in [2.45, 2.75) is 134 Å². The lowest BCUT2D eigenvalue weighted by Gasteiger charge is -2.36. The van der Waals surface area contributed by atoms with Gasteiger partial charge >= 0.3 is 0 Å². The molecule has 4 atom stereocenters. The minimum atomic E-state index is -1.08. The van der Waals surface area contributed by atoms with Gasteiger partial charge in [0.1, 0.15) is 24.4 Å². The molecule has 0 aromatic heterocycles. The molecule has 0 bridgehead atoms. The summed E-state index contributed by atoms with van der Waals surface area (Å²) in [5.74, 6) is 0. The molecule has 184 valence electrons. The average molecular weight is 443 g/mol. The third-order valence-electron chi connectivity index (χ3n) is 6.35. The number of rotatable bonds is 20. The van der Waals surface area contributed by atoms with Crippen LogP contribution in [-0.4, -0.2) is 59.6 Å². The van der Waals surface area contributed by atoms with Gasteiger partial charge in [0.25, 0.3) is 0 Å². The third kappa shape index (κ3) is 14.3. The van der Waals surface area contributed by atoms with Crippen LogP contribution in [0.1, 0.15) is 110 Å². The predicted molar refractivity (Wildman–Crippen MR) is 127 cm³/mol. The molecular formula is C26H50O5. The fourth-order valence-corrected chi connectivity index (χ4v) is 4.23. The fraction of sp³-hybridized carbons (Fsp3) is 0.923. The van der Waals surface area contributed by atoms with Crippen molar-refractivity contribution in [3.63, 3.8) is 0 Å². The van der Waals surface area contributed by atoms with Gasteiger partial charge in [-0.05, 0) is 26.2 Å². The molecule has 1 heterocycles. The number of allylic oxidation sites excluding steroid dienone is 2. The molecule has 0 radical (unpaired) electrons. The molecule has 0 unspecified atom stereocenters. The van der Waals surface area contributed by atoms with Crippen molar-refractivity contribution in [2.24, 2.45) is 0 Å². The van der Waals surface area contributed by atoms with Crippen LogP contribution in [0.5, 0.6) is 0 Å². The van der Waals surface area contributed by atoms with Crippen LogP contribution in [0.2, 0.25) is 0 Å². The second-order valence-corrected chi connectivity index (χ2v) is 9.11. The van der Waals surface area contributed by atoms with Crippen LogP contribution in [0.15, 0.2) is 12.2 Å². The van der Waals surface area contributed by atoms with Crippen LogP contribution in [-0.2, 0) is 9.47 Å². The molecule has 0 aliphatic carbocycles. The summed E-state index contributed by atoms with van der Waals surface area (Å²) in [6.45, 7) is 2.61. The van der Waals surface area contributed by atoms with Gasteiger partial charge in [-0.15, -0.1) is 0 Å². The Balaban J connectivity index is 1.77. The summed E-state index contributed by atoms with van der Waals surface area (Å²) in [5.41, 5.74) is 0. The minimum Gasteiger partial charge on any atom is -0.394 e. The summed E-state index contributed by atoms with van der Waals surface area (Å²) in [5, 5.41) is 28.9. The topological polar surface area (TPSA) is 79.2 Å². The molecule has 0 aromatic rings. The molecule has 1 saturated heterocycles. The standard InChI is InChI=1S/C26H50O5/c1-2-3-4-5-6-7-8-9-10-11-12-13-14-15-16-17-18-19-20-30-24-22-31-23(21-27)25(28)26(24)29/h2-3,23-29H,4-22H2,1H3/b3-2+/t23-,24+,25-,26-/m1/s1. The van der Waals surface area contributed by atoms with Crippen molar-refractivity contribution in [3.05, 3.63) is 12.2 Å². The van der Waals surface area contributed by atoms with E-state index in [1.807, 2.05) is 0 Å². The number of hydrogen-bond acceptors (Lipinski definition) is 5. The maximum absolute atomic E-state index is 10.0. The Morgan fingerprint density at radius 2 is 1.23 bits per heavy atom. The zero-order valence-corrected chi connectivity index (χ0v) is 20.1.